The molecular weight excluding hydrogens is 318 g/mol. The summed E-state index contributed by atoms with van der Waals surface area (Å²) >= 11 is 1.28. The maximum Gasteiger partial charge on any atom is 0.407 e. The second-order valence-corrected chi connectivity index (χ2v) is 7.75. The molecule has 0 aliphatic rings. The van der Waals surface area contributed by atoms with Crippen molar-refractivity contribution in [3.05, 3.63) is 0 Å². The van der Waals surface area contributed by atoms with Gasteiger partial charge in [-0.3, -0.25) is 4.79 Å². The molecule has 0 saturated heterocycles. The average molecular weight is 349 g/mol. The highest BCUT2D eigenvalue weighted by Gasteiger charge is 2.16. The molecule has 23 heavy (non-hydrogen) atoms. The number of alkyl carbamates (subject to hydrolysis) is 1. The lowest BCUT2D eigenvalue weighted by atomic mass is 10.2. The van der Waals surface area contributed by atoms with E-state index in [-0.39, 0.29) is 10.4 Å². The Kier molecular flexibility index (Phi) is 11.3. The van der Waals surface area contributed by atoms with Crippen LogP contribution < -0.4 is 5.32 Å². The quantitative estimate of drug-likeness (QED) is 0.590. The molecule has 0 heterocycles. The van der Waals surface area contributed by atoms with Crippen LogP contribution in [-0.2, 0) is 14.3 Å². The van der Waals surface area contributed by atoms with Gasteiger partial charge in [0.2, 0.25) is 0 Å². The number of hydrogen-bond donors (Lipinski definition) is 2. The summed E-state index contributed by atoms with van der Waals surface area (Å²) in [5.74, 6) is 0. The molecule has 2 atom stereocenters. The number of ether oxygens (including phenoxy) is 2. The Morgan fingerprint density at radius 3 is 2.43 bits per heavy atom. The van der Waals surface area contributed by atoms with Crippen LogP contribution >= 0.6 is 11.8 Å². The topological polar surface area (TPSA) is 84.9 Å². The zero-order valence-corrected chi connectivity index (χ0v) is 15.7. The van der Waals surface area contributed by atoms with E-state index in [1.54, 1.807) is 27.7 Å². The fourth-order valence-corrected chi connectivity index (χ4v) is 2.83. The Bertz CT molecular complexity index is 355. The van der Waals surface area contributed by atoms with Gasteiger partial charge in [-0.2, -0.15) is 0 Å². The van der Waals surface area contributed by atoms with E-state index in [0.717, 1.165) is 6.42 Å². The molecule has 0 aromatic rings. The zero-order chi connectivity index (χ0) is 17.9. The molecule has 0 spiro atoms. The van der Waals surface area contributed by atoms with Crippen LogP contribution in [0.4, 0.5) is 4.79 Å². The van der Waals surface area contributed by atoms with Crippen molar-refractivity contribution in [3.63, 3.8) is 0 Å². The summed E-state index contributed by atoms with van der Waals surface area (Å²) in [4.78, 5) is 23.2. The largest absolute Gasteiger partial charge is 0.444 e. The molecule has 1 amide bonds. The van der Waals surface area contributed by atoms with Gasteiger partial charge >= 0.3 is 6.09 Å². The Labute approximate surface area is 143 Å². The Hall–Kier alpha value is -0.790. The van der Waals surface area contributed by atoms with Crippen LogP contribution in [-0.4, -0.2) is 53.0 Å². The van der Waals surface area contributed by atoms with E-state index in [4.69, 9.17) is 9.47 Å². The molecule has 136 valence electrons. The summed E-state index contributed by atoms with van der Waals surface area (Å²) in [7, 11) is 0. The van der Waals surface area contributed by atoms with Gasteiger partial charge < -0.3 is 19.9 Å². The minimum Gasteiger partial charge on any atom is -0.444 e. The molecule has 0 aromatic heterocycles. The van der Waals surface area contributed by atoms with Crippen molar-refractivity contribution in [1.29, 1.82) is 0 Å². The van der Waals surface area contributed by atoms with Crippen LogP contribution in [0.5, 0.6) is 0 Å². The van der Waals surface area contributed by atoms with Crippen molar-refractivity contribution < 1.29 is 24.2 Å². The molecule has 2 unspecified atom stereocenters. The third kappa shape index (κ3) is 14.5. The first kappa shape index (κ1) is 22.2. The maximum atomic E-state index is 11.8. The first-order valence-electron chi connectivity index (χ1n) is 8.06. The van der Waals surface area contributed by atoms with E-state index in [9.17, 15) is 14.7 Å². The van der Waals surface area contributed by atoms with Crippen LogP contribution in [0.3, 0.4) is 0 Å². The number of aliphatic hydroxyl groups is 1. The van der Waals surface area contributed by atoms with Crippen molar-refractivity contribution in [3.8, 4) is 0 Å². The second kappa shape index (κ2) is 11.7. The maximum absolute atomic E-state index is 11.8. The lowest BCUT2D eigenvalue weighted by Crippen LogP contribution is -2.34. The number of carbonyl (C=O) groups excluding carboxylic acids is 2. The average Bonchev–Trinajstić information content (AvgIpc) is 2.39. The Morgan fingerprint density at radius 1 is 1.26 bits per heavy atom. The van der Waals surface area contributed by atoms with Crippen LogP contribution in [0, 0.1) is 0 Å². The molecular formula is C16H31NO5S. The molecule has 0 radical (unpaired) electrons. The van der Waals surface area contributed by atoms with E-state index in [2.05, 4.69) is 5.32 Å². The molecule has 0 fully saturated rings. The molecule has 0 aliphatic heterocycles. The summed E-state index contributed by atoms with van der Waals surface area (Å²) in [6, 6.07) is 0. The van der Waals surface area contributed by atoms with Gasteiger partial charge in [-0.15, -0.1) is 0 Å². The van der Waals surface area contributed by atoms with Crippen molar-refractivity contribution in [2.75, 3.05) is 19.8 Å². The Morgan fingerprint density at radius 2 is 1.91 bits per heavy atom. The second-order valence-electron chi connectivity index (χ2n) is 6.40. The van der Waals surface area contributed by atoms with Gasteiger partial charge in [0.25, 0.3) is 0 Å². The third-order valence-electron chi connectivity index (χ3n) is 2.72. The fourth-order valence-electron chi connectivity index (χ4n) is 1.72. The summed E-state index contributed by atoms with van der Waals surface area (Å²) in [5, 5.41) is 12.2. The van der Waals surface area contributed by atoms with Gasteiger partial charge in [-0.1, -0.05) is 18.7 Å². The van der Waals surface area contributed by atoms with E-state index < -0.39 is 17.8 Å². The van der Waals surface area contributed by atoms with E-state index in [1.807, 2.05) is 6.92 Å². The normalized spacial score (nSPS) is 14.2. The molecule has 0 aliphatic carbocycles. The molecule has 0 aromatic carbocycles. The van der Waals surface area contributed by atoms with Gasteiger partial charge in [-0.25, -0.2) is 4.79 Å². The minimum absolute atomic E-state index is 0.0672. The number of hydrogen-bond acceptors (Lipinski definition) is 6. The standard InChI is InChI=1S/C16H31NO5S/c1-6-13(11-12(2)18)23-14(19)7-9-21-10-8-17-15(20)22-16(3,4)5/h12-13,18H,6-11H2,1-5H3,(H,17,20). The van der Waals surface area contributed by atoms with Crippen LogP contribution in [0.25, 0.3) is 0 Å². The van der Waals surface area contributed by atoms with Gasteiger partial charge in [0.05, 0.1) is 19.3 Å². The highest BCUT2D eigenvalue weighted by Crippen LogP contribution is 2.21. The van der Waals surface area contributed by atoms with Crippen molar-refractivity contribution in [1.82, 2.24) is 5.32 Å². The molecule has 7 heteroatoms. The SMILES string of the molecule is CCC(CC(C)O)SC(=O)CCOCCNC(=O)OC(C)(C)C. The van der Waals surface area contributed by atoms with Crippen molar-refractivity contribution >= 4 is 23.0 Å². The predicted molar refractivity (Wildman–Crippen MR) is 92.6 cm³/mol. The molecule has 0 saturated carbocycles. The van der Waals surface area contributed by atoms with E-state index in [0.29, 0.717) is 32.6 Å². The first-order chi connectivity index (χ1) is 10.6. The highest BCUT2D eigenvalue weighted by atomic mass is 32.2. The molecule has 6 nitrogen and oxygen atoms in total. The summed E-state index contributed by atoms with van der Waals surface area (Å²) in [5.41, 5.74) is -0.517. The van der Waals surface area contributed by atoms with Gasteiger partial charge in [-0.05, 0) is 40.5 Å². The number of nitrogens with one attached hydrogen (secondary N) is 1. The third-order valence-corrected chi connectivity index (χ3v) is 4.05. The number of aliphatic hydroxyl groups excluding tert-OH is 1. The van der Waals surface area contributed by atoms with E-state index in [1.165, 1.54) is 11.8 Å². The van der Waals surface area contributed by atoms with Crippen LogP contribution in [0.15, 0.2) is 0 Å². The molecule has 0 rings (SSSR count). The monoisotopic (exact) mass is 349 g/mol. The molecule has 2 N–H and O–H groups in total. The first-order valence-corrected chi connectivity index (χ1v) is 8.94. The number of rotatable bonds is 10. The number of amides is 1. The van der Waals surface area contributed by atoms with Crippen LogP contribution in [0.2, 0.25) is 0 Å². The van der Waals surface area contributed by atoms with Gasteiger partial charge in [0.15, 0.2) is 5.12 Å². The van der Waals surface area contributed by atoms with Crippen molar-refractivity contribution in [2.24, 2.45) is 0 Å². The van der Waals surface area contributed by atoms with E-state index >= 15 is 0 Å². The summed E-state index contributed by atoms with van der Waals surface area (Å²) in [6.45, 7) is 10.1. The lowest BCUT2D eigenvalue weighted by molar-refractivity contribution is -0.112. The predicted octanol–water partition coefficient (Wildman–Crippen LogP) is 2.73. The van der Waals surface area contributed by atoms with Gasteiger partial charge in [0.1, 0.15) is 5.60 Å². The number of thioether (sulfide) groups is 1. The van der Waals surface area contributed by atoms with Crippen LogP contribution in [0.1, 0.15) is 53.9 Å². The molecule has 0 bridgehead atoms. The fraction of sp³-hybridized carbons (Fsp3) is 0.875. The smallest absolute Gasteiger partial charge is 0.407 e. The lowest BCUT2D eigenvalue weighted by Gasteiger charge is -2.19. The summed E-state index contributed by atoms with van der Waals surface area (Å²) in [6.07, 6.45) is 0.926. The Balaban J connectivity index is 3.68. The number of carbonyl (C=O) groups is 2. The van der Waals surface area contributed by atoms with Crippen molar-refractivity contribution in [2.45, 2.75) is 70.8 Å². The zero-order valence-electron chi connectivity index (χ0n) is 14.9. The van der Waals surface area contributed by atoms with Gasteiger partial charge in [0, 0.05) is 18.2 Å². The highest BCUT2D eigenvalue weighted by molar-refractivity contribution is 8.14. The minimum atomic E-state index is -0.517. The summed E-state index contributed by atoms with van der Waals surface area (Å²) < 4.78 is 10.4.